The van der Waals surface area contributed by atoms with Crippen molar-refractivity contribution in [3.05, 3.63) is 42.5 Å². The summed E-state index contributed by atoms with van der Waals surface area (Å²) in [5.74, 6) is 0.731. The lowest BCUT2D eigenvalue weighted by Gasteiger charge is -2.22. The monoisotopic (exact) mass is 537 g/mol. The normalized spacial score (nSPS) is 16.4. The van der Waals surface area contributed by atoms with Gasteiger partial charge in [-0.05, 0) is 55.7 Å². The van der Waals surface area contributed by atoms with E-state index >= 15 is 0 Å². The Labute approximate surface area is 212 Å². The van der Waals surface area contributed by atoms with E-state index in [0.29, 0.717) is 36.0 Å². The number of rotatable bonds is 9. The average molecular weight is 538 g/mol. The van der Waals surface area contributed by atoms with Crippen LogP contribution in [0.25, 0.3) is 0 Å². The molecule has 36 heavy (non-hydrogen) atoms. The summed E-state index contributed by atoms with van der Waals surface area (Å²) in [4.78, 5) is 12.7. The van der Waals surface area contributed by atoms with Crippen LogP contribution in [0.4, 0.5) is 11.4 Å². The van der Waals surface area contributed by atoms with Crippen LogP contribution in [-0.4, -0.2) is 59.7 Å². The molecular weight excluding hydrogens is 506 g/mol. The number of hydrogen-bond donors (Lipinski definition) is 1. The van der Waals surface area contributed by atoms with Gasteiger partial charge in [-0.15, -0.1) is 0 Å². The number of nitrogens with one attached hydrogen (secondary N) is 1. The number of hydrogen-bond acceptors (Lipinski definition) is 7. The number of benzene rings is 2. The Kier molecular flexibility index (Phi) is 8.06. The van der Waals surface area contributed by atoms with Gasteiger partial charge in [0.15, 0.2) is 11.5 Å². The van der Waals surface area contributed by atoms with Crippen LogP contribution in [0.2, 0.25) is 0 Å². The molecule has 10 nitrogen and oxygen atoms in total. The van der Waals surface area contributed by atoms with Crippen LogP contribution in [0, 0.1) is 0 Å². The topological polar surface area (TPSA) is 122 Å². The van der Waals surface area contributed by atoms with Crippen LogP contribution in [-0.2, 0) is 24.8 Å². The summed E-state index contributed by atoms with van der Waals surface area (Å²) >= 11 is 0. The number of fused-ring (bicyclic) bond motifs is 1. The van der Waals surface area contributed by atoms with Crippen molar-refractivity contribution in [2.24, 2.45) is 0 Å². The summed E-state index contributed by atoms with van der Waals surface area (Å²) in [6, 6.07) is 11.0. The molecule has 0 saturated carbocycles. The van der Waals surface area contributed by atoms with Crippen molar-refractivity contribution in [2.45, 2.75) is 43.4 Å². The molecule has 1 fully saturated rings. The van der Waals surface area contributed by atoms with E-state index in [2.05, 4.69) is 5.32 Å². The van der Waals surface area contributed by atoms with Gasteiger partial charge in [0.05, 0.1) is 16.8 Å². The van der Waals surface area contributed by atoms with Crippen molar-refractivity contribution in [3.63, 3.8) is 0 Å². The predicted octanol–water partition coefficient (Wildman–Crippen LogP) is 3.16. The molecule has 1 amide bonds. The Hall–Kier alpha value is -2.83. The number of carbonyl (C=O) groups excluding carboxylic acids is 1. The molecule has 0 aromatic heterocycles. The molecule has 2 heterocycles. The molecule has 0 unspecified atom stereocenters. The number of anilines is 2. The largest absolute Gasteiger partial charge is 0.454 e. The van der Waals surface area contributed by atoms with Gasteiger partial charge in [-0.1, -0.05) is 12.8 Å². The van der Waals surface area contributed by atoms with Gasteiger partial charge in [0.1, 0.15) is 0 Å². The lowest BCUT2D eigenvalue weighted by atomic mass is 10.2. The summed E-state index contributed by atoms with van der Waals surface area (Å²) in [6.07, 6.45) is 5.28. The predicted molar refractivity (Wildman–Crippen MR) is 136 cm³/mol. The number of sulfonamides is 2. The maximum atomic E-state index is 12.9. The molecule has 196 valence electrons. The Morgan fingerprint density at radius 2 is 1.61 bits per heavy atom. The molecule has 12 heteroatoms. The minimum Gasteiger partial charge on any atom is -0.454 e. The summed E-state index contributed by atoms with van der Waals surface area (Å²) in [6.45, 7) is 1.25. The zero-order chi connectivity index (χ0) is 25.8. The second-order valence-corrected chi connectivity index (χ2v) is 12.7. The fourth-order valence-corrected chi connectivity index (χ4v) is 6.75. The summed E-state index contributed by atoms with van der Waals surface area (Å²) in [7, 11) is -7.14. The minimum absolute atomic E-state index is 0.0863. The van der Waals surface area contributed by atoms with E-state index in [-0.39, 0.29) is 37.0 Å². The Morgan fingerprint density at radius 3 is 2.28 bits per heavy atom. The SMILES string of the molecule is CS(=O)(=O)N(CCCC(=O)Nc1ccc(S(=O)(=O)N2CCCCCC2)cc1)c1ccc2c(c1)OCO2. The van der Waals surface area contributed by atoms with E-state index in [1.54, 1.807) is 30.3 Å². The molecule has 0 atom stereocenters. The summed E-state index contributed by atoms with van der Waals surface area (Å²) in [5.41, 5.74) is 0.911. The number of ether oxygens (including phenoxy) is 2. The first-order valence-corrected chi connectivity index (χ1v) is 15.2. The molecule has 0 radical (unpaired) electrons. The minimum atomic E-state index is -3.58. The maximum absolute atomic E-state index is 12.9. The van der Waals surface area contributed by atoms with Crippen molar-refractivity contribution < 1.29 is 31.1 Å². The van der Waals surface area contributed by atoms with Gasteiger partial charge in [-0.3, -0.25) is 9.10 Å². The zero-order valence-corrected chi connectivity index (χ0v) is 21.8. The van der Waals surface area contributed by atoms with Crippen molar-refractivity contribution >= 4 is 37.3 Å². The Balaban J connectivity index is 1.32. The molecular formula is C24H31N3O7S2. The van der Waals surface area contributed by atoms with E-state index in [1.807, 2.05) is 0 Å². The highest BCUT2D eigenvalue weighted by atomic mass is 32.2. The molecule has 0 bridgehead atoms. The number of nitrogens with zero attached hydrogens (tertiary/aromatic N) is 2. The number of amides is 1. The third kappa shape index (κ3) is 6.29. The fourth-order valence-electron chi connectivity index (χ4n) is 4.27. The lowest BCUT2D eigenvalue weighted by molar-refractivity contribution is -0.116. The standard InChI is InChI=1S/C24H31N3O7S2/c1-35(29,30)27(20-10-13-22-23(17-20)34-18-33-22)16-6-7-24(28)25-19-8-11-21(12-9-19)36(31,32)26-14-4-2-3-5-15-26/h8-13,17H,2-7,14-16,18H2,1H3,(H,25,28). The molecule has 2 aromatic carbocycles. The third-order valence-corrected chi connectivity index (χ3v) is 9.26. The first kappa shape index (κ1) is 26.2. The molecule has 2 aliphatic rings. The first-order chi connectivity index (χ1) is 17.1. The highest BCUT2D eigenvalue weighted by Gasteiger charge is 2.25. The van der Waals surface area contributed by atoms with Crippen molar-refractivity contribution in [1.29, 1.82) is 0 Å². The van der Waals surface area contributed by atoms with E-state index in [1.165, 1.54) is 20.7 Å². The average Bonchev–Trinajstić information content (AvgIpc) is 3.12. The smallest absolute Gasteiger partial charge is 0.243 e. The van der Waals surface area contributed by atoms with Crippen LogP contribution in [0.3, 0.4) is 0 Å². The van der Waals surface area contributed by atoms with E-state index in [0.717, 1.165) is 31.9 Å². The fraction of sp³-hybridized carbons (Fsp3) is 0.458. The van der Waals surface area contributed by atoms with Crippen molar-refractivity contribution in [2.75, 3.05) is 42.3 Å². The van der Waals surface area contributed by atoms with Crippen LogP contribution in [0.15, 0.2) is 47.4 Å². The van der Waals surface area contributed by atoms with Crippen molar-refractivity contribution in [1.82, 2.24) is 4.31 Å². The van der Waals surface area contributed by atoms with Gasteiger partial charge < -0.3 is 14.8 Å². The second kappa shape index (κ2) is 11.1. The molecule has 1 N–H and O–H groups in total. The highest BCUT2D eigenvalue weighted by molar-refractivity contribution is 7.92. The van der Waals surface area contributed by atoms with Crippen LogP contribution in [0.1, 0.15) is 38.5 Å². The number of carbonyl (C=O) groups is 1. The Bertz CT molecular complexity index is 1290. The molecule has 1 saturated heterocycles. The zero-order valence-electron chi connectivity index (χ0n) is 20.2. The summed E-state index contributed by atoms with van der Waals surface area (Å²) < 4.78 is 63.9. The first-order valence-electron chi connectivity index (χ1n) is 11.9. The van der Waals surface area contributed by atoms with E-state index < -0.39 is 20.0 Å². The van der Waals surface area contributed by atoms with Gasteiger partial charge in [0, 0.05) is 37.8 Å². The quantitative estimate of drug-likeness (QED) is 0.521. The van der Waals surface area contributed by atoms with E-state index in [4.69, 9.17) is 9.47 Å². The maximum Gasteiger partial charge on any atom is 0.243 e. The Morgan fingerprint density at radius 1 is 0.944 bits per heavy atom. The van der Waals surface area contributed by atoms with Gasteiger partial charge in [-0.25, -0.2) is 16.8 Å². The molecule has 0 aliphatic carbocycles. The summed E-state index contributed by atoms with van der Waals surface area (Å²) in [5, 5.41) is 2.74. The van der Waals surface area contributed by atoms with Gasteiger partial charge >= 0.3 is 0 Å². The lowest BCUT2D eigenvalue weighted by Crippen LogP contribution is -2.32. The van der Waals surface area contributed by atoms with Gasteiger partial charge in [0.25, 0.3) is 0 Å². The van der Waals surface area contributed by atoms with Gasteiger partial charge in [-0.2, -0.15) is 4.31 Å². The van der Waals surface area contributed by atoms with E-state index in [9.17, 15) is 21.6 Å². The third-order valence-electron chi connectivity index (χ3n) is 6.15. The molecule has 2 aliphatic heterocycles. The van der Waals surface area contributed by atoms with Crippen LogP contribution in [0.5, 0.6) is 11.5 Å². The van der Waals surface area contributed by atoms with Gasteiger partial charge in [0.2, 0.25) is 32.7 Å². The second-order valence-electron chi connectivity index (χ2n) is 8.87. The highest BCUT2D eigenvalue weighted by Crippen LogP contribution is 2.36. The molecule has 2 aromatic rings. The van der Waals surface area contributed by atoms with Crippen LogP contribution >= 0.6 is 0 Å². The van der Waals surface area contributed by atoms with Crippen molar-refractivity contribution in [3.8, 4) is 11.5 Å². The molecule has 4 rings (SSSR count). The molecule has 0 spiro atoms. The van der Waals surface area contributed by atoms with Crippen LogP contribution < -0.4 is 19.1 Å².